The van der Waals surface area contributed by atoms with Crippen molar-refractivity contribution in [3.8, 4) is 0 Å². The lowest BCUT2D eigenvalue weighted by atomic mass is 10.3. The van der Waals surface area contributed by atoms with Gasteiger partial charge in [0.25, 0.3) is 0 Å². The highest BCUT2D eigenvalue weighted by molar-refractivity contribution is 5.66. The van der Waals surface area contributed by atoms with Gasteiger partial charge in [0.2, 0.25) is 0 Å². The second-order valence-electron chi connectivity index (χ2n) is 4.53. The van der Waals surface area contributed by atoms with Gasteiger partial charge in [-0.15, -0.1) is 0 Å². The maximum absolute atomic E-state index is 10.4. The fraction of sp³-hybridized carbons (Fsp3) is 0.583. The van der Waals surface area contributed by atoms with E-state index in [-0.39, 0.29) is 6.42 Å². The molecule has 0 radical (unpaired) electrons. The molecule has 6 nitrogen and oxygen atoms in total. The summed E-state index contributed by atoms with van der Waals surface area (Å²) in [6.45, 7) is 2.45. The summed E-state index contributed by atoms with van der Waals surface area (Å²) in [4.78, 5) is 19.0. The molecule has 3 N–H and O–H groups in total. The number of nitrogens with zero attached hydrogens (tertiary/aromatic N) is 2. The van der Waals surface area contributed by atoms with E-state index in [9.17, 15) is 4.79 Å². The van der Waals surface area contributed by atoms with Crippen molar-refractivity contribution in [3.05, 3.63) is 11.9 Å². The monoisotopic (exact) mass is 250 g/mol. The number of rotatable bonds is 7. The van der Waals surface area contributed by atoms with Crippen molar-refractivity contribution in [1.29, 1.82) is 0 Å². The van der Waals surface area contributed by atoms with Crippen LogP contribution < -0.4 is 10.6 Å². The molecule has 1 fully saturated rings. The molecule has 0 spiro atoms. The van der Waals surface area contributed by atoms with E-state index in [0.717, 1.165) is 11.6 Å². The number of nitrogens with one attached hydrogen (secondary N) is 2. The predicted molar refractivity (Wildman–Crippen MR) is 68.8 cm³/mol. The Labute approximate surface area is 106 Å². The van der Waals surface area contributed by atoms with Crippen molar-refractivity contribution < 1.29 is 9.90 Å². The highest BCUT2D eigenvalue weighted by atomic mass is 16.4. The SMILES string of the molecule is Cc1nc(NCCCC(=O)O)cc(NC2CC2)n1. The van der Waals surface area contributed by atoms with E-state index in [4.69, 9.17) is 5.11 Å². The molecule has 0 aromatic carbocycles. The zero-order chi connectivity index (χ0) is 13.0. The van der Waals surface area contributed by atoms with Crippen molar-refractivity contribution in [2.45, 2.75) is 38.6 Å². The van der Waals surface area contributed by atoms with Crippen LogP contribution in [0.4, 0.5) is 11.6 Å². The van der Waals surface area contributed by atoms with Crippen LogP contribution in [0, 0.1) is 6.92 Å². The van der Waals surface area contributed by atoms with E-state index in [1.165, 1.54) is 12.8 Å². The Balaban J connectivity index is 1.86. The third-order valence-corrected chi connectivity index (χ3v) is 2.64. The molecular weight excluding hydrogens is 232 g/mol. The molecule has 1 aromatic rings. The number of carbonyl (C=O) groups is 1. The fourth-order valence-corrected chi connectivity index (χ4v) is 1.63. The zero-order valence-corrected chi connectivity index (χ0v) is 10.4. The molecule has 0 amide bonds. The van der Waals surface area contributed by atoms with Crippen molar-refractivity contribution in [3.63, 3.8) is 0 Å². The molecule has 1 aromatic heterocycles. The summed E-state index contributed by atoms with van der Waals surface area (Å²) in [6, 6.07) is 2.42. The van der Waals surface area contributed by atoms with Crippen LogP contribution in [0.5, 0.6) is 0 Å². The second-order valence-corrected chi connectivity index (χ2v) is 4.53. The van der Waals surface area contributed by atoms with E-state index < -0.39 is 5.97 Å². The number of carboxylic acids is 1. The molecule has 1 aliphatic carbocycles. The molecule has 0 aliphatic heterocycles. The van der Waals surface area contributed by atoms with Gasteiger partial charge in [-0.1, -0.05) is 0 Å². The van der Waals surface area contributed by atoms with Crippen LogP contribution in [0.2, 0.25) is 0 Å². The van der Waals surface area contributed by atoms with Gasteiger partial charge in [-0.2, -0.15) is 0 Å². The van der Waals surface area contributed by atoms with Gasteiger partial charge in [-0.25, -0.2) is 9.97 Å². The normalized spacial score (nSPS) is 14.3. The largest absolute Gasteiger partial charge is 0.481 e. The number of anilines is 2. The second kappa shape index (κ2) is 5.66. The maximum Gasteiger partial charge on any atom is 0.303 e. The average molecular weight is 250 g/mol. The van der Waals surface area contributed by atoms with Crippen molar-refractivity contribution in [1.82, 2.24) is 9.97 Å². The standard InChI is InChI=1S/C12H18N4O2/c1-8-14-10(13-6-2-3-12(17)18)7-11(15-8)16-9-4-5-9/h7,9H,2-6H2,1H3,(H,17,18)(H2,13,14,15,16). The van der Waals surface area contributed by atoms with Crippen LogP contribution in [-0.4, -0.2) is 33.6 Å². The molecule has 0 bridgehead atoms. The van der Waals surface area contributed by atoms with E-state index in [1.807, 2.05) is 13.0 Å². The molecule has 1 saturated carbocycles. The van der Waals surface area contributed by atoms with Crippen molar-refractivity contribution in [2.24, 2.45) is 0 Å². The summed E-state index contributed by atoms with van der Waals surface area (Å²) in [5, 5.41) is 15.0. The van der Waals surface area contributed by atoms with Gasteiger partial charge in [-0.05, 0) is 26.2 Å². The molecule has 1 aliphatic rings. The molecule has 18 heavy (non-hydrogen) atoms. The van der Waals surface area contributed by atoms with Crippen LogP contribution in [0.3, 0.4) is 0 Å². The summed E-state index contributed by atoms with van der Waals surface area (Å²) in [7, 11) is 0. The summed E-state index contributed by atoms with van der Waals surface area (Å²) in [5.74, 6) is 1.52. The van der Waals surface area contributed by atoms with Gasteiger partial charge in [0, 0.05) is 25.1 Å². The van der Waals surface area contributed by atoms with Gasteiger partial charge in [0.1, 0.15) is 17.5 Å². The highest BCUT2D eigenvalue weighted by Gasteiger charge is 2.21. The zero-order valence-electron chi connectivity index (χ0n) is 10.4. The van der Waals surface area contributed by atoms with Gasteiger partial charge < -0.3 is 15.7 Å². The number of aliphatic carboxylic acids is 1. The Morgan fingerprint density at radius 1 is 1.44 bits per heavy atom. The topological polar surface area (TPSA) is 87.1 Å². The summed E-state index contributed by atoms with van der Waals surface area (Å²) >= 11 is 0. The lowest BCUT2D eigenvalue weighted by molar-refractivity contribution is -0.137. The smallest absolute Gasteiger partial charge is 0.303 e. The Kier molecular flexibility index (Phi) is 3.96. The number of hydrogen-bond donors (Lipinski definition) is 3. The lowest BCUT2D eigenvalue weighted by Crippen LogP contribution is -2.09. The first-order valence-electron chi connectivity index (χ1n) is 6.21. The number of hydrogen-bond acceptors (Lipinski definition) is 5. The third kappa shape index (κ3) is 4.20. The number of carboxylic acid groups (broad SMARTS) is 1. The summed E-state index contributed by atoms with van der Waals surface area (Å²) in [5.41, 5.74) is 0. The van der Waals surface area contributed by atoms with Crippen LogP contribution >= 0.6 is 0 Å². The minimum Gasteiger partial charge on any atom is -0.481 e. The van der Waals surface area contributed by atoms with Crippen LogP contribution in [0.1, 0.15) is 31.5 Å². The van der Waals surface area contributed by atoms with E-state index in [2.05, 4.69) is 20.6 Å². The van der Waals surface area contributed by atoms with Crippen LogP contribution in [-0.2, 0) is 4.79 Å². The Morgan fingerprint density at radius 2 is 2.17 bits per heavy atom. The first-order valence-corrected chi connectivity index (χ1v) is 6.21. The Bertz CT molecular complexity index is 432. The van der Waals surface area contributed by atoms with E-state index in [1.54, 1.807) is 0 Å². The molecule has 2 rings (SSSR count). The summed E-state index contributed by atoms with van der Waals surface area (Å²) in [6.07, 6.45) is 3.16. The average Bonchev–Trinajstić information content (AvgIpc) is 3.07. The number of aromatic nitrogens is 2. The lowest BCUT2D eigenvalue weighted by Gasteiger charge is -2.09. The van der Waals surface area contributed by atoms with Crippen LogP contribution in [0.25, 0.3) is 0 Å². The summed E-state index contributed by atoms with van der Waals surface area (Å²) < 4.78 is 0. The molecular formula is C12H18N4O2. The van der Waals surface area contributed by atoms with Crippen LogP contribution in [0.15, 0.2) is 6.07 Å². The van der Waals surface area contributed by atoms with Gasteiger partial charge in [0.15, 0.2) is 0 Å². The predicted octanol–water partition coefficient (Wildman–Crippen LogP) is 1.64. The highest BCUT2D eigenvalue weighted by Crippen LogP contribution is 2.24. The first-order chi connectivity index (χ1) is 8.63. The van der Waals surface area contributed by atoms with E-state index in [0.29, 0.717) is 24.8 Å². The molecule has 1 heterocycles. The minimum atomic E-state index is -0.772. The van der Waals surface area contributed by atoms with E-state index >= 15 is 0 Å². The first kappa shape index (κ1) is 12.6. The molecule has 0 atom stereocenters. The number of aryl methyl sites for hydroxylation is 1. The fourth-order valence-electron chi connectivity index (χ4n) is 1.63. The Morgan fingerprint density at radius 3 is 2.83 bits per heavy atom. The van der Waals surface area contributed by atoms with Crippen molar-refractivity contribution >= 4 is 17.6 Å². The molecule has 98 valence electrons. The minimum absolute atomic E-state index is 0.171. The molecule has 0 unspecified atom stereocenters. The quantitative estimate of drug-likeness (QED) is 0.638. The molecule has 6 heteroatoms. The molecule has 0 saturated heterocycles. The third-order valence-electron chi connectivity index (χ3n) is 2.64. The Hall–Kier alpha value is -1.85. The van der Waals surface area contributed by atoms with Gasteiger partial charge in [-0.3, -0.25) is 4.79 Å². The van der Waals surface area contributed by atoms with Gasteiger partial charge in [0.05, 0.1) is 0 Å². The maximum atomic E-state index is 10.4. The van der Waals surface area contributed by atoms with Gasteiger partial charge >= 0.3 is 5.97 Å². The van der Waals surface area contributed by atoms with Crippen molar-refractivity contribution in [2.75, 3.05) is 17.2 Å².